The fourth-order valence-corrected chi connectivity index (χ4v) is 2.38. The molecule has 1 heterocycles. The lowest BCUT2D eigenvalue weighted by Gasteiger charge is -2.13. The van der Waals surface area contributed by atoms with E-state index in [2.05, 4.69) is 17.2 Å². The highest BCUT2D eigenvalue weighted by Crippen LogP contribution is 2.22. The highest BCUT2D eigenvalue weighted by molar-refractivity contribution is 7.11. The fourth-order valence-electron chi connectivity index (χ4n) is 1.57. The molecular weight excluding hydrogens is 261 g/mol. The predicted molar refractivity (Wildman–Crippen MR) is 67.7 cm³/mol. The van der Waals surface area contributed by atoms with Crippen molar-refractivity contribution in [2.45, 2.75) is 58.3 Å². The van der Waals surface area contributed by atoms with Gasteiger partial charge in [-0.15, -0.1) is 11.3 Å². The van der Waals surface area contributed by atoms with Crippen LogP contribution < -0.4 is 5.32 Å². The van der Waals surface area contributed by atoms with E-state index in [0.717, 1.165) is 11.4 Å². The van der Waals surface area contributed by atoms with E-state index in [-0.39, 0.29) is 12.5 Å². The number of thiazole rings is 1. The molecule has 1 N–H and O–H groups in total. The lowest BCUT2D eigenvalue weighted by Crippen LogP contribution is -2.25. The molecule has 1 aromatic heterocycles. The summed E-state index contributed by atoms with van der Waals surface area (Å²) in [5.74, 6) is 0. The number of hydrogen-bond acceptors (Lipinski definition) is 3. The molecule has 18 heavy (non-hydrogen) atoms. The molecule has 1 atom stereocenters. The van der Waals surface area contributed by atoms with Crippen molar-refractivity contribution in [1.29, 1.82) is 0 Å². The summed E-state index contributed by atoms with van der Waals surface area (Å²) in [5.41, 5.74) is 0. The zero-order valence-corrected chi connectivity index (χ0v) is 11.5. The topological polar surface area (TPSA) is 24.9 Å². The molecule has 0 radical (unpaired) electrons. The third-order valence-corrected chi connectivity index (χ3v) is 3.79. The summed E-state index contributed by atoms with van der Waals surface area (Å²) in [6.45, 7) is 4.62. The molecule has 1 aromatic rings. The third-order valence-electron chi connectivity index (χ3n) is 2.65. The molecule has 0 aromatic carbocycles. The Morgan fingerprint density at radius 1 is 1.44 bits per heavy atom. The molecule has 0 bridgehead atoms. The minimum Gasteiger partial charge on any atom is -0.308 e. The molecule has 1 rings (SSSR count). The van der Waals surface area contributed by atoms with Crippen LogP contribution in [0, 0.1) is 0 Å². The summed E-state index contributed by atoms with van der Waals surface area (Å²) in [4.78, 5) is 5.49. The molecule has 2 nitrogen and oxygen atoms in total. The second-order valence-corrected chi connectivity index (χ2v) is 5.56. The molecule has 0 saturated heterocycles. The Morgan fingerprint density at radius 3 is 2.72 bits per heavy atom. The smallest absolute Gasteiger partial charge is 0.308 e. The Hall–Kier alpha value is -0.620. The highest BCUT2D eigenvalue weighted by Gasteiger charge is 2.26. The molecule has 0 saturated carbocycles. The van der Waals surface area contributed by atoms with E-state index in [1.807, 2.05) is 13.1 Å². The van der Waals surface area contributed by atoms with Crippen LogP contribution >= 0.6 is 11.3 Å². The lowest BCUT2D eigenvalue weighted by molar-refractivity contribution is -0.135. The molecule has 0 fully saturated rings. The van der Waals surface area contributed by atoms with E-state index >= 15 is 0 Å². The maximum atomic E-state index is 12.0. The SMILES string of the molecule is CCc1cnc(CNC(C)CCCC(F)(F)F)s1. The van der Waals surface area contributed by atoms with Crippen molar-refractivity contribution in [3.63, 3.8) is 0 Å². The number of aromatic nitrogens is 1. The van der Waals surface area contributed by atoms with Gasteiger partial charge in [0.05, 0.1) is 0 Å². The van der Waals surface area contributed by atoms with Crippen LogP contribution in [0.15, 0.2) is 6.20 Å². The number of nitrogens with zero attached hydrogens (tertiary/aromatic N) is 1. The molecule has 1 unspecified atom stereocenters. The maximum absolute atomic E-state index is 12.0. The van der Waals surface area contributed by atoms with Gasteiger partial charge in [-0.3, -0.25) is 0 Å². The maximum Gasteiger partial charge on any atom is 0.389 e. The fraction of sp³-hybridized carbons (Fsp3) is 0.750. The zero-order chi connectivity index (χ0) is 13.6. The standard InChI is InChI=1S/C12H19F3N2S/c1-3-10-7-17-11(18-10)8-16-9(2)5-4-6-12(13,14)15/h7,9,16H,3-6,8H2,1-2H3. The molecule has 0 aliphatic rings. The predicted octanol–water partition coefficient (Wildman–Crippen LogP) is 3.92. The van der Waals surface area contributed by atoms with Crippen LogP contribution in [0.2, 0.25) is 0 Å². The van der Waals surface area contributed by atoms with Gasteiger partial charge in [-0.25, -0.2) is 4.98 Å². The van der Waals surface area contributed by atoms with E-state index < -0.39 is 12.6 Å². The molecule has 0 amide bonds. The first-order valence-electron chi connectivity index (χ1n) is 6.14. The highest BCUT2D eigenvalue weighted by atomic mass is 32.1. The number of nitrogens with one attached hydrogen (secondary N) is 1. The molecule has 0 spiro atoms. The van der Waals surface area contributed by atoms with Gasteiger partial charge in [-0.05, 0) is 26.2 Å². The van der Waals surface area contributed by atoms with Gasteiger partial charge >= 0.3 is 6.18 Å². The summed E-state index contributed by atoms with van der Waals surface area (Å²) in [7, 11) is 0. The third kappa shape index (κ3) is 6.35. The minimum atomic E-state index is -4.04. The number of alkyl halides is 3. The van der Waals surface area contributed by atoms with Gasteiger partial charge in [0.2, 0.25) is 0 Å². The number of halogens is 3. The first kappa shape index (κ1) is 15.4. The van der Waals surface area contributed by atoms with Gasteiger partial charge in [0.1, 0.15) is 5.01 Å². The quantitative estimate of drug-likeness (QED) is 0.819. The lowest BCUT2D eigenvalue weighted by atomic mass is 10.1. The zero-order valence-electron chi connectivity index (χ0n) is 10.7. The number of rotatable bonds is 7. The van der Waals surface area contributed by atoms with Gasteiger partial charge in [0.15, 0.2) is 0 Å². The van der Waals surface area contributed by atoms with Crippen LogP contribution in [0.3, 0.4) is 0 Å². The largest absolute Gasteiger partial charge is 0.389 e. The molecule has 0 aliphatic heterocycles. The van der Waals surface area contributed by atoms with Gasteiger partial charge in [-0.1, -0.05) is 6.92 Å². The Bertz CT molecular complexity index is 349. The molecule has 0 aliphatic carbocycles. The van der Waals surface area contributed by atoms with Crippen molar-refractivity contribution in [3.05, 3.63) is 16.1 Å². The van der Waals surface area contributed by atoms with Gasteiger partial charge in [-0.2, -0.15) is 13.2 Å². The summed E-state index contributed by atoms with van der Waals surface area (Å²) >= 11 is 1.65. The van der Waals surface area contributed by atoms with E-state index in [4.69, 9.17) is 0 Å². The summed E-state index contributed by atoms with van der Waals surface area (Å²) < 4.78 is 35.9. The van der Waals surface area contributed by atoms with Crippen molar-refractivity contribution in [2.75, 3.05) is 0 Å². The summed E-state index contributed by atoms with van der Waals surface area (Å²) in [5, 5.41) is 4.20. The van der Waals surface area contributed by atoms with Crippen LogP contribution in [0.1, 0.15) is 43.0 Å². The van der Waals surface area contributed by atoms with Crippen molar-refractivity contribution in [3.8, 4) is 0 Å². The Balaban J connectivity index is 2.18. The van der Waals surface area contributed by atoms with Gasteiger partial charge in [0, 0.05) is 30.1 Å². The average molecular weight is 280 g/mol. The van der Waals surface area contributed by atoms with Crippen molar-refractivity contribution >= 4 is 11.3 Å². The molecule has 6 heteroatoms. The van der Waals surface area contributed by atoms with Crippen molar-refractivity contribution < 1.29 is 13.2 Å². The average Bonchev–Trinajstić information content (AvgIpc) is 2.72. The van der Waals surface area contributed by atoms with Gasteiger partial charge < -0.3 is 5.32 Å². The monoisotopic (exact) mass is 280 g/mol. The molecule has 104 valence electrons. The van der Waals surface area contributed by atoms with Crippen molar-refractivity contribution in [2.24, 2.45) is 0 Å². The molecular formula is C12H19F3N2S. The normalized spacial score (nSPS) is 13.8. The van der Waals surface area contributed by atoms with Crippen LogP contribution in [-0.2, 0) is 13.0 Å². The second-order valence-electron chi connectivity index (χ2n) is 4.36. The summed E-state index contributed by atoms with van der Waals surface area (Å²) in [6, 6.07) is 0.0846. The van der Waals surface area contributed by atoms with Crippen LogP contribution in [-0.4, -0.2) is 17.2 Å². The Morgan fingerprint density at radius 2 is 2.17 bits per heavy atom. The second kappa shape index (κ2) is 7.09. The van der Waals surface area contributed by atoms with E-state index in [9.17, 15) is 13.2 Å². The minimum absolute atomic E-state index is 0.0846. The van der Waals surface area contributed by atoms with Crippen LogP contribution in [0.25, 0.3) is 0 Å². The van der Waals surface area contributed by atoms with Crippen LogP contribution in [0.4, 0.5) is 13.2 Å². The number of hydrogen-bond donors (Lipinski definition) is 1. The number of aryl methyl sites for hydroxylation is 1. The van der Waals surface area contributed by atoms with E-state index in [1.165, 1.54) is 4.88 Å². The summed E-state index contributed by atoms with van der Waals surface area (Å²) in [6.07, 6.45) is -1.20. The first-order valence-corrected chi connectivity index (χ1v) is 6.96. The van der Waals surface area contributed by atoms with Gasteiger partial charge in [0.25, 0.3) is 0 Å². The van der Waals surface area contributed by atoms with Crippen molar-refractivity contribution in [1.82, 2.24) is 10.3 Å². The Labute approximate surface area is 110 Å². The first-order chi connectivity index (χ1) is 8.40. The van der Waals surface area contributed by atoms with E-state index in [1.54, 1.807) is 11.3 Å². The van der Waals surface area contributed by atoms with Crippen LogP contribution in [0.5, 0.6) is 0 Å². The Kier molecular flexibility index (Phi) is 6.08. The van der Waals surface area contributed by atoms with E-state index in [0.29, 0.717) is 13.0 Å².